The van der Waals surface area contributed by atoms with Crippen LogP contribution in [0.3, 0.4) is 0 Å². The first-order valence-corrected chi connectivity index (χ1v) is 9.45. The van der Waals surface area contributed by atoms with E-state index < -0.39 is 0 Å². The molecule has 138 valence electrons. The van der Waals surface area contributed by atoms with Gasteiger partial charge in [0.15, 0.2) is 5.96 Å². The molecule has 3 N–H and O–H groups in total. The molecule has 25 heavy (non-hydrogen) atoms. The van der Waals surface area contributed by atoms with Gasteiger partial charge in [0.1, 0.15) is 0 Å². The van der Waals surface area contributed by atoms with Crippen molar-refractivity contribution in [3.8, 4) is 0 Å². The Balaban J connectivity index is 2.00. The van der Waals surface area contributed by atoms with Gasteiger partial charge in [0.25, 0.3) is 5.91 Å². The van der Waals surface area contributed by atoms with Crippen LogP contribution in [0.1, 0.15) is 61.9 Å². The van der Waals surface area contributed by atoms with Gasteiger partial charge < -0.3 is 16.0 Å². The largest absolute Gasteiger partial charge is 0.357 e. The molecule has 0 spiro atoms. The molecule has 5 nitrogen and oxygen atoms in total. The zero-order valence-corrected chi connectivity index (χ0v) is 15.8. The summed E-state index contributed by atoms with van der Waals surface area (Å²) in [4.78, 5) is 16.5. The number of aliphatic imine (C=N–C) groups is 1. The van der Waals surface area contributed by atoms with Crippen LogP contribution in [0.2, 0.25) is 0 Å². The first kappa shape index (κ1) is 19.3. The van der Waals surface area contributed by atoms with Crippen LogP contribution in [-0.4, -0.2) is 32.0 Å². The minimum atomic E-state index is -0.0676. The summed E-state index contributed by atoms with van der Waals surface area (Å²) >= 11 is 0. The second-order valence-electron chi connectivity index (χ2n) is 6.89. The summed E-state index contributed by atoms with van der Waals surface area (Å²) in [5, 5.41) is 9.52. The highest BCUT2D eigenvalue weighted by molar-refractivity contribution is 5.94. The van der Waals surface area contributed by atoms with Crippen LogP contribution >= 0.6 is 0 Å². The van der Waals surface area contributed by atoms with E-state index in [2.05, 4.69) is 29.8 Å². The first-order valence-electron chi connectivity index (χ1n) is 9.45. The number of nitrogens with zero attached hydrogens (tertiary/aromatic N) is 1. The third-order valence-electron chi connectivity index (χ3n) is 5.23. The maximum atomic E-state index is 11.8. The quantitative estimate of drug-likeness (QED) is 0.526. The summed E-state index contributed by atoms with van der Waals surface area (Å²) in [6.07, 6.45) is 6.52. The van der Waals surface area contributed by atoms with Crippen molar-refractivity contribution in [3.05, 3.63) is 35.4 Å². The van der Waals surface area contributed by atoms with Crippen molar-refractivity contribution in [1.82, 2.24) is 16.0 Å². The average molecular weight is 345 g/mol. The number of amides is 1. The van der Waals surface area contributed by atoms with E-state index in [0.717, 1.165) is 24.6 Å². The molecule has 0 radical (unpaired) electrons. The second kappa shape index (κ2) is 9.44. The fourth-order valence-electron chi connectivity index (χ4n) is 3.52. The molecule has 0 aromatic heterocycles. The molecule has 1 fully saturated rings. The molecule has 1 saturated carbocycles. The number of carbonyl (C=O) groups excluding carboxylic acids is 1. The maximum Gasteiger partial charge on any atom is 0.251 e. The van der Waals surface area contributed by atoms with E-state index in [1.165, 1.54) is 32.1 Å². The molecule has 0 saturated heterocycles. The minimum absolute atomic E-state index is 0.0676. The zero-order valence-electron chi connectivity index (χ0n) is 15.8. The third-order valence-corrected chi connectivity index (χ3v) is 5.23. The Morgan fingerprint density at radius 3 is 2.60 bits per heavy atom. The number of rotatable bonds is 7. The van der Waals surface area contributed by atoms with Crippen molar-refractivity contribution in [2.24, 2.45) is 10.4 Å². The highest BCUT2D eigenvalue weighted by Gasteiger charge is 2.31. The molecule has 1 amide bonds. The highest BCUT2D eigenvalue weighted by atomic mass is 16.1. The Hall–Kier alpha value is -2.04. The van der Waals surface area contributed by atoms with Gasteiger partial charge in [-0.05, 0) is 49.3 Å². The third kappa shape index (κ3) is 5.48. The van der Waals surface area contributed by atoms with Crippen molar-refractivity contribution < 1.29 is 4.79 Å². The standard InChI is InChI=1S/C20H32N4O/c1-4-20(11-6-7-12-20)15-24-19(22-5-2)23-14-16-9-8-10-17(13-16)18(25)21-3/h8-10,13H,4-7,11-12,14-15H2,1-3H3,(H,21,25)(H2,22,23,24). The molecule has 0 heterocycles. The molecular weight excluding hydrogens is 312 g/mol. The summed E-state index contributed by atoms with van der Waals surface area (Å²) in [6.45, 7) is 6.74. The van der Waals surface area contributed by atoms with E-state index >= 15 is 0 Å². The van der Waals surface area contributed by atoms with Crippen LogP contribution in [0.15, 0.2) is 29.3 Å². The highest BCUT2D eigenvalue weighted by Crippen LogP contribution is 2.40. The molecule has 0 aliphatic heterocycles. The van der Waals surface area contributed by atoms with Gasteiger partial charge in [0.05, 0.1) is 6.54 Å². The normalized spacial score (nSPS) is 16.5. The molecule has 0 bridgehead atoms. The van der Waals surface area contributed by atoms with Crippen LogP contribution in [0.25, 0.3) is 0 Å². The topological polar surface area (TPSA) is 65.5 Å². The average Bonchev–Trinajstić information content (AvgIpc) is 3.13. The molecule has 0 unspecified atom stereocenters. The lowest BCUT2D eigenvalue weighted by Crippen LogP contribution is -2.42. The van der Waals surface area contributed by atoms with Gasteiger partial charge >= 0.3 is 0 Å². The maximum absolute atomic E-state index is 11.8. The molecule has 1 aromatic carbocycles. The number of nitrogens with one attached hydrogen (secondary N) is 3. The molecule has 5 heteroatoms. The summed E-state index contributed by atoms with van der Waals surface area (Å²) in [7, 11) is 1.65. The minimum Gasteiger partial charge on any atom is -0.357 e. The van der Waals surface area contributed by atoms with Crippen LogP contribution in [0.4, 0.5) is 0 Å². The number of carbonyl (C=O) groups is 1. The van der Waals surface area contributed by atoms with Gasteiger partial charge in [-0.2, -0.15) is 0 Å². The fourth-order valence-corrected chi connectivity index (χ4v) is 3.52. The SMILES string of the molecule is CCNC(=NCc1cccc(C(=O)NC)c1)NCC1(CC)CCCC1. The lowest BCUT2D eigenvalue weighted by atomic mass is 9.83. The van der Waals surface area contributed by atoms with Crippen molar-refractivity contribution in [2.45, 2.75) is 52.5 Å². The fraction of sp³-hybridized carbons (Fsp3) is 0.600. The Labute approximate surface area is 151 Å². The van der Waals surface area contributed by atoms with E-state index in [0.29, 0.717) is 17.5 Å². The molecule has 2 rings (SSSR count). The predicted molar refractivity (Wildman–Crippen MR) is 104 cm³/mol. The van der Waals surface area contributed by atoms with Crippen LogP contribution in [0.5, 0.6) is 0 Å². The van der Waals surface area contributed by atoms with Crippen molar-refractivity contribution in [3.63, 3.8) is 0 Å². The lowest BCUT2D eigenvalue weighted by molar-refractivity contribution is 0.0963. The summed E-state index contributed by atoms with van der Waals surface area (Å²) in [6, 6.07) is 7.63. The number of hydrogen-bond donors (Lipinski definition) is 3. The van der Waals surface area contributed by atoms with Gasteiger partial charge in [-0.25, -0.2) is 4.99 Å². The molecule has 1 aromatic rings. The number of hydrogen-bond acceptors (Lipinski definition) is 2. The Kier molecular flexibility index (Phi) is 7.29. The van der Waals surface area contributed by atoms with Crippen LogP contribution in [-0.2, 0) is 6.54 Å². The van der Waals surface area contributed by atoms with Gasteiger partial charge in [-0.1, -0.05) is 31.9 Å². The second-order valence-corrected chi connectivity index (χ2v) is 6.89. The monoisotopic (exact) mass is 344 g/mol. The van der Waals surface area contributed by atoms with Crippen molar-refractivity contribution in [1.29, 1.82) is 0 Å². The molecular formula is C20H32N4O. The van der Waals surface area contributed by atoms with Crippen molar-refractivity contribution in [2.75, 3.05) is 20.1 Å². The molecule has 1 aliphatic carbocycles. The smallest absolute Gasteiger partial charge is 0.251 e. The summed E-state index contributed by atoms with van der Waals surface area (Å²) in [5.74, 6) is 0.787. The van der Waals surface area contributed by atoms with E-state index in [1.54, 1.807) is 7.05 Å². The van der Waals surface area contributed by atoms with Crippen LogP contribution < -0.4 is 16.0 Å². The Morgan fingerprint density at radius 1 is 1.20 bits per heavy atom. The lowest BCUT2D eigenvalue weighted by Gasteiger charge is -2.28. The predicted octanol–water partition coefficient (Wildman–Crippen LogP) is 3.07. The van der Waals surface area contributed by atoms with Gasteiger partial charge in [0.2, 0.25) is 0 Å². The Bertz CT molecular complexity index is 591. The summed E-state index contributed by atoms with van der Waals surface area (Å²) in [5.41, 5.74) is 2.13. The first-order chi connectivity index (χ1) is 12.1. The summed E-state index contributed by atoms with van der Waals surface area (Å²) < 4.78 is 0. The molecule has 1 aliphatic rings. The van der Waals surface area contributed by atoms with E-state index in [4.69, 9.17) is 4.99 Å². The number of benzene rings is 1. The van der Waals surface area contributed by atoms with E-state index in [9.17, 15) is 4.79 Å². The van der Waals surface area contributed by atoms with Gasteiger partial charge in [-0.15, -0.1) is 0 Å². The number of guanidine groups is 1. The molecule has 0 atom stereocenters. The van der Waals surface area contributed by atoms with Gasteiger partial charge in [0, 0.05) is 25.7 Å². The van der Waals surface area contributed by atoms with Crippen LogP contribution in [0, 0.1) is 5.41 Å². The van der Waals surface area contributed by atoms with Crippen molar-refractivity contribution >= 4 is 11.9 Å². The van der Waals surface area contributed by atoms with E-state index in [-0.39, 0.29) is 5.91 Å². The van der Waals surface area contributed by atoms with Gasteiger partial charge in [-0.3, -0.25) is 4.79 Å². The Morgan fingerprint density at radius 2 is 1.96 bits per heavy atom. The zero-order chi connectivity index (χ0) is 18.1. The van der Waals surface area contributed by atoms with E-state index in [1.807, 2.05) is 24.3 Å².